The van der Waals surface area contributed by atoms with Gasteiger partial charge in [0, 0.05) is 11.5 Å². The van der Waals surface area contributed by atoms with Crippen molar-refractivity contribution in [2.75, 3.05) is 5.43 Å². The van der Waals surface area contributed by atoms with E-state index in [9.17, 15) is 4.79 Å². The largest absolute Gasteiger partial charge is 0.360 e. The molecule has 2 rings (SSSR count). The summed E-state index contributed by atoms with van der Waals surface area (Å²) in [5.41, 5.74) is 2.87. The first kappa shape index (κ1) is 15.4. The van der Waals surface area contributed by atoms with Crippen LogP contribution in [0.2, 0.25) is 0 Å². The number of Topliss-reactive ketones (excluding diaryl/α,β-unsaturated/α-hetero) is 1. The standard InChI is InChI=1S/C16H16N4O2/c1-16(2,3)14-9-12(20-22-14)15(21)13(10-17)19-18-11-7-5-4-6-8-11/h4-9,18H,1-3H3/b19-13-. The number of nitriles is 1. The van der Waals surface area contributed by atoms with Crippen molar-refractivity contribution in [1.82, 2.24) is 5.16 Å². The summed E-state index contributed by atoms with van der Waals surface area (Å²) in [4.78, 5) is 12.2. The van der Waals surface area contributed by atoms with Crippen molar-refractivity contribution in [3.8, 4) is 6.07 Å². The summed E-state index contributed by atoms with van der Waals surface area (Å²) in [7, 11) is 0. The summed E-state index contributed by atoms with van der Waals surface area (Å²) in [5.74, 6) is -0.00524. The fraction of sp³-hybridized carbons (Fsp3) is 0.250. The molecule has 6 heteroatoms. The van der Waals surface area contributed by atoms with E-state index in [1.54, 1.807) is 18.2 Å². The Kier molecular flexibility index (Phi) is 4.37. The van der Waals surface area contributed by atoms with Gasteiger partial charge in [-0.3, -0.25) is 10.2 Å². The minimum atomic E-state index is -0.579. The van der Waals surface area contributed by atoms with Crippen LogP contribution in [0.4, 0.5) is 5.69 Å². The van der Waals surface area contributed by atoms with Crippen molar-refractivity contribution < 1.29 is 9.32 Å². The van der Waals surface area contributed by atoms with Gasteiger partial charge in [-0.25, -0.2) is 0 Å². The third-order valence-corrected chi connectivity index (χ3v) is 2.87. The Morgan fingerprint density at radius 2 is 2.00 bits per heavy atom. The van der Waals surface area contributed by atoms with Gasteiger partial charge in [-0.15, -0.1) is 0 Å². The number of aromatic nitrogens is 1. The first-order valence-corrected chi connectivity index (χ1v) is 6.72. The smallest absolute Gasteiger partial charge is 0.245 e. The zero-order valence-corrected chi connectivity index (χ0v) is 12.6. The minimum absolute atomic E-state index is 0.0695. The van der Waals surface area contributed by atoms with Crippen molar-refractivity contribution in [1.29, 1.82) is 5.26 Å². The van der Waals surface area contributed by atoms with Crippen LogP contribution in [0.15, 0.2) is 46.0 Å². The van der Waals surface area contributed by atoms with Crippen LogP contribution in [0, 0.1) is 11.3 Å². The number of anilines is 1. The van der Waals surface area contributed by atoms with Crippen molar-refractivity contribution in [3.63, 3.8) is 0 Å². The molecule has 1 aromatic carbocycles. The SMILES string of the molecule is CC(C)(C)c1cc(C(=O)/C(C#N)=N\Nc2ccccc2)no1. The topological polar surface area (TPSA) is 91.3 Å². The van der Waals surface area contributed by atoms with Gasteiger partial charge >= 0.3 is 0 Å². The van der Waals surface area contributed by atoms with E-state index in [4.69, 9.17) is 9.78 Å². The maximum Gasteiger partial charge on any atom is 0.245 e. The molecule has 112 valence electrons. The Morgan fingerprint density at radius 3 is 2.55 bits per heavy atom. The van der Waals surface area contributed by atoms with Crippen molar-refractivity contribution in [3.05, 3.63) is 47.9 Å². The fourth-order valence-corrected chi connectivity index (χ4v) is 1.62. The summed E-state index contributed by atoms with van der Waals surface area (Å²) in [6.45, 7) is 5.83. The second-order valence-corrected chi connectivity index (χ2v) is 5.71. The van der Waals surface area contributed by atoms with E-state index in [2.05, 4.69) is 15.7 Å². The molecule has 0 bridgehead atoms. The van der Waals surface area contributed by atoms with Crippen LogP contribution in [0.25, 0.3) is 0 Å². The van der Waals surface area contributed by atoms with Gasteiger partial charge in [-0.1, -0.05) is 44.1 Å². The lowest BCUT2D eigenvalue weighted by Crippen LogP contribution is -2.15. The second kappa shape index (κ2) is 6.22. The number of nitrogens with one attached hydrogen (secondary N) is 1. The van der Waals surface area contributed by atoms with E-state index >= 15 is 0 Å². The Labute approximate surface area is 128 Å². The van der Waals surface area contributed by atoms with Crippen LogP contribution in [0.1, 0.15) is 37.0 Å². The highest BCUT2D eigenvalue weighted by molar-refractivity contribution is 6.51. The highest BCUT2D eigenvalue weighted by Crippen LogP contribution is 2.22. The summed E-state index contributed by atoms with van der Waals surface area (Å²) in [6.07, 6.45) is 0. The number of hydrogen-bond donors (Lipinski definition) is 1. The normalized spacial score (nSPS) is 11.8. The highest BCUT2D eigenvalue weighted by Gasteiger charge is 2.24. The molecule has 0 aliphatic rings. The molecule has 0 aliphatic carbocycles. The van der Waals surface area contributed by atoms with Crippen LogP contribution in [0.3, 0.4) is 0 Å². The van der Waals surface area contributed by atoms with Gasteiger partial charge in [0.1, 0.15) is 11.8 Å². The van der Waals surface area contributed by atoms with Crippen LogP contribution >= 0.6 is 0 Å². The first-order chi connectivity index (χ1) is 10.4. The number of hydrogen-bond acceptors (Lipinski definition) is 6. The number of rotatable bonds is 4. The molecule has 0 atom stereocenters. The molecule has 2 aromatic rings. The van der Waals surface area contributed by atoms with E-state index in [0.717, 1.165) is 0 Å². The monoisotopic (exact) mass is 296 g/mol. The zero-order chi connectivity index (χ0) is 16.2. The summed E-state index contributed by atoms with van der Waals surface area (Å²) in [5, 5.41) is 16.7. The predicted octanol–water partition coefficient (Wildman–Crippen LogP) is 3.15. The molecule has 22 heavy (non-hydrogen) atoms. The lowest BCUT2D eigenvalue weighted by molar-refractivity contribution is 0.105. The number of ketones is 1. The first-order valence-electron chi connectivity index (χ1n) is 6.72. The van der Waals surface area contributed by atoms with E-state index in [-0.39, 0.29) is 16.8 Å². The molecule has 0 aliphatic heterocycles. The van der Waals surface area contributed by atoms with Gasteiger partial charge in [-0.05, 0) is 12.1 Å². The van der Waals surface area contributed by atoms with E-state index < -0.39 is 5.78 Å². The number of hydrazone groups is 1. The van der Waals surface area contributed by atoms with Crippen LogP contribution in [-0.4, -0.2) is 16.7 Å². The number of para-hydroxylation sites is 1. The van der Waals surface area contributed by atoms with Crippen molar-refractivity contribution in [2.45, 2.75) is 26.2 Å². The maximum atomic E-state index is 12.2. The summed E-state index contributed by atoms with van der Waals surface area (Å²) in [6, 6.07) is 12.4. The molecule has 0 radical (unpaired) electrons. The van der Waals surface area contributed by atoms with Crippen molar-refractivity contribution in [2.24, 2.45) is 5.10 Å². The average Bonchev–Trinajstić information content (AvgIpc) is 2.98. The number of carbonyl (C=O) groups is 1. The highest BCUT2D eigenvalue weighted by atomic mass is 16.5. The average molecular weight is 296 g/mol. The quantitative estimate of drug-likeness (QED) is 0.531. The predicted molar refractivity (Wildman–Crippen MR) is 82.6 cm³/mol. The van der Waals surface area contributed by atoms with E-state index in [1.807, 2.05) is 39.0 Å². The van der Waals surface area contributed by atoms with Gasteiger partial charge < -0.3 is 4.52 Å². The zero-order valence-electron chi connectivity index (χ0n) is 12.6. The molecule has 1 heterocycles. The Balaban J connectivity index is 2.19. The molecular weight excluding hydrogens is 280 g/mol. The molecular formula is C16H16N4O2. The molecule has 1 aromatic heterocycles. The minimum Gasteiger partial charge on any atom is -0.360 e. The van der Waals surface area contributed by atoms with Crippen molar-refractivity contribution >= 4 is 17.2 Å². The fourth-order valence-electron chi connectivity index (χ4n) is 1.62. The van der Waals surface area contributed by atoms with E-state index in [1.165, 1.54) is 6.07 Å². The third kappa shape index (κ3) is 3.58. The molecule has 0 unspecified atom stereocenters. The number of nitrogens with zero attached hydrogens (tertiary/aromatic N) is 3. The van der Waals surface area contributed by atoms with Gasteiger partial charge in [0.05, 0.1) is 5.69 Å². The maximum absolute atomic E-state index is 12.2. The molecule has 0 fully saturated rings. The summed E-state index contributed by atoms with van der Waals surface area (Å²) >= 11 is 0. The third-order valence-electron chi connectivity index (χ3n) is 2.87. The summed E-state index contributed by atoms with van der Waals surface area (Å²) < 4.78 is 5.15. The second-order valence-electron chi connectivity index (χ2n) is 5.71. The van der Waals surface area contributed by atoms with Gasteiger partial charge in [0.15, 0.2) is 5.69 Å². The van der Waals surface area contributed by atoms with Gasteiger partial charge in [0.2, 0.25) is 11.5 Å². The number of benzene rings is 1. The Morgan fingerprint density at radius 1 is 1.32 bits per heavy atom. The van der Waals surface area contributed by atoms with Gasteiger partial charge in [0.25, 0.3) is 0 Å². The molecule has 0 amide bonds. The van der Waals surface area contributed by atoms with Gasteiger partial charge in [-0.2, -0.15) is 10.4 Å². The Hall–Kier alpha value is -2.94. The molecule has 0 saturated heterocycles. The molecule has 1 N–H and O–H groups in total. The van der Waals surface area contributed by atoms with E-state index in [0.29, 0.717) is 11.4 Å². The Bertz CT molecular complexity index is 733. The molecule has 0 saturated carbocycles. The molecule has 0 spiro atoms. The van der Waals surface area contributed by atoms with Crippen LogP contribution in [0.5, 0.6) is 0 Å². The lowest BCUT2D eigenvalue weighted by atomic mass is 9.93. The van der Waals surface area contributed by atoms with Crippen LogP contribution in [-0.2, 0) is 5.41 Å². The van der Waals surface area contributed by atoms with Crippen LogP contribution < -0.4 is 5.43 Å². The number of carbonyl (C=O) groups excluding carboxylic acids is 1. The molecule has 6 nitrogen and oxygen atoms in total. The lowest BCUT2D eigenvalue weighted by Gasteiger charge is -2.11.